The molecule has 4 N–H and O–H groups in total. The summed E-state index contributed by atoms with van der Waals surface area (Å²) in [6.07, 6.45) is 0. The molecular weight excluding hydrogens is 152 g/mol. The monoisotopic (exact) mass is 170 g/mol. The van der Waals surface area contributed by atoms with Crippen LogP contribution in [0.1, 0.15) is 13.8 Å². The van der Waals surface area contributed by atoms with Crippen molar-refractivity contribution < 1.29 is 0 Å². The molecule has 0 unspecified atom stereocenters. The van der Waals surface area contributed by atoms with Gasteiger partial charge >= 0.3 is 0 Å². The molecule has 0 amide bonds. The first-order valence-electron chi connectivity index (χ1n) is 4.36. The van der Waals surface area contributed by atoms with Gasteiger partial charge in [0.25, 0.3) is 0 Å². The average Bonchev–Trinajstić information content (AvgIpc) is 2.03. The third-order valence-corrected chi connectivity index (χ3v) is 1.84. The van der Waals surface area contributed by atoms with Gasteiger partial charge in [-0.1, -0.05) is 13.8 Å². The van der Waals surface area contributed by atoms with Crippen LogP contribution in [0.5, 0.6) is 0 Å². The Hall–Kier alpha value is -0.770. The Morgan fingerprint density at radius 2 is 2.42 bits per heavy atom. The fourth-order valence-corrected chi connectivity index (χ4v) is 1.04. The molecule has 4 heteroatoms. The fraction of sp³-hybridized carbons (Fsp3) is 0.875. The van der Waals surface area contributed by atoms with Crippen molar-refractivity contribution in [2.45, 2.75) is 13.8 Å². The lowest BCUT2D eigenvalue weighted by atomic mass is 9.93. The molecule has 1 rings (SSSR count). The molecule has 0 saturated carbocycles. The van der Waals surface area contributed by atoms with Gasteiger partial charge in [-0.25, -0.2) is 0 Å². The van der Waals surface area contributed by atoms with E-state index in [1.54, 1.807) is 0 Å². The van der Waals surface area contributed by atoms with E-state index in [1.165, 1.54) is 0 Å². The summed E-state index contributed by atoms with van der Waals surface area (Å²) in [5.74, 6) is 0.889. The minimum Gasteiger partial charge on any atom is -0.356 e. The van der Waals surface area contributed by atoms with Gasteiger partial charge in [-0.15, -0.1) is 0 Å². The summed E-state index contributed by atoms with van der Waals surface area (Å²) in [7, 11) is 0. The zero-order valence-electron chi connectivity index (χ0n) is 7.85. The van der Waals surface area contributed by atoms with E-state index in [-0.39, 0.29) is 5.41 Å². The normalized spacial score (nSPS) is 21.1. The fourth-order valence-electron chi connectivity index (χ4n) is 1.04. The SMILES string of the molecule is CC1(C)CN=C(NCCN)NC1. The molecule has 0 atom stereocenters. The van der Waals surface area contributed by atoms with E-state index < -0.39 is 0 Å². The molecular formula is C8H18N4. The molecule has 0 radical (unpaired) electrons. The van der Waals surface area contributed by atoms with Crippen LogP contribution in [0.2, 0.25) is 0 Å². The standard InChI is InChI=1S/C8H18N4/c1-8(2)5-11-7(12-6-8)10-4-3-9/h3-6,9H2,1-2H3,(H2,10,11,12). The maximum atomic E-state index is 5.35. The van der Waals surface area contributed by atoms with Gasteiger partial charge in [-0.05, 0) is 0 Å². The predicted octanol–water partition coefficient (Wildman–Crippen LogP) is -0.480. The summed E-state index contributed by atoms with van der Waals surface area (Å²) < 4.78 is 0. The highest BCUT2D eigenvalue weighted by Gasteiger charge is 2.21. The van der Waals surface area contributed by atoms with Gasteiger partial charge in [0.05, 0.1) is 0 Å². The molecule has 0 spiro atoms. The van der Waals surface area contributed by atoms with Crippen LogP contribution >= 0.6 is 0 Å². The van der Waals surface area contributed by atoms with Gasteiger partial charge in [0, 0.05) is 31.6 Å². The van der Waals surface area contributed by atoms with Crippen molar-refractivity contribution in [1.29, 1.82) is 0 Å². The molecule has 1 aliphatic heterocycles. The molecule has 4 nitrogen and oxygen atoms in total. The van der Waals surface area contributed by atoms with Crippen LogP contribution in [0, 0.1) is 5.41 Å². The van der Waals surface area contributed by atoms with Crippen LogP contribution in [-0.4, -0.2) is 32.1 Å². The van der Waals surface area contributed by atoms with Crippen molar-refractivity contribution in [3.05, 3.63) is 0 Å². The van der Waals surface area contributed by atoms with Gasteiger partial charge < -0.3 is 16.4 Å². The molecule has 1 aliphatic rings. The molecule has 12 heavy (non-hydrogen) atoms. The average molecular weight is 170 g/mol. The number of aliphatic imine (C=N–C) groups is 1. The molecule has 0 aromatic heterocycles. The van der Waals surface area contributed by atoms with Crippen molar-refractivity contribution in [2.75, 3.05) is 26.2 Å². The van der Waals surface area contributed by atoms with Crippen LogP contribution in [0.3, 0.4) is 0 Å². The van der Waals surface area contributed by atoms with Crippen LogP contribution in [0.25, 0.3) is 0 Å². The molecule has 0 aromatic rings. The summed E-state index contributed by atoms with van der Waals surface area (Å²) in [5, 5.41) is 6.35. The Morgan fingerprint density at radius 3 is 2.92 bits per heavy atom. The molecule has 0 aromatic carbocycles. The minimum atomic E-state index is 0.286. The molecule has 0 saturated heterocycles. The number of hydrogen-bond acceptors (Lipinski definition) is 4. The zero-order valence-corrected chi connectivity index (χ0v) is 7.85. The van der Waals surface area contributed by atoms with Gasteiger partial charge in [-0.2, -0.15) is 0 Å². The number of nitrogens with zero attached hydrogens (tertiary/aromatic N) is 1. The van der Waals surface area contributed by atoms with Gasteiger partial charge in [0.1, 0.15) is 0 Å². The van der Waals surface area contributed by atoms with Gasteiger partial charge in [-0.3, -0.25) is 4.99 Å². The molecule has 0 aliphatic carbocycles. The van der Waals surface area contributed by atoms with E-state index in [0.717, 1.165) is 25.6 Å². The first-order chi connectivity index (χ1) is 5.64. The van der Waals surface area contributed by atoms with Crippen LogP contribution in [-0.2, 0) is 0 Å². The molecule has 1 heterocycles. The molecule has 0 bridgehead atoms. The number of rotatable bonds is 2. The second-order valence-corrected chi connectivity index (χ2v) is 3.90. The van der Waals surface area contributed by atoms with Crippen molar-refractivity contribution in [3.63, 3.8) is 0 Å². The largest absolute Gasteiger partial charge is 0.356 e. The van der Waals surface area contributed by atoms with E-state index >= 15 is 0 Å². The Bertz CT molecular complexity index is 174. The first-order valence-corrected chi connectivity index (χ1v) is 4.36. The summed E-state index contributed by atoms with van der Waals surface area (Å²) in [5.41, 5.74) is 5.64. The minimum absolute atomic E-state index is 0.286. The van der Waals surface area contributed by atoms with Crippen molar-refractivity contribution in [2.24, 2.45) is 16.1 Å². The van der Waals surface area contributed by atoms with Gasteiger partial charge in [0.2, 0.25) is 0 Å². The highest BCUT2D eigenvalue weighted by molar-refractivity contribution is 5.80. The number of nitrogens with one attached hydrogen (secondary N) is 2. The van der Waals surface area contributed by atoms with Crippen molar-refractivity contribution in [3.8, 4) is 0 Å². The smallest absolute Gasteiger partial charge is 0.191 e. The van der Waals surface area contributed by atoms with E-state index in [1.807, 2.05) is 0 Å². The van der Waals surface area contributed by atoms with E-state index in [4.69, 9.17) is 5.73 Å². The number of guanidine groups is 1. The second-order valence-electron chi connectivity index (χ2n) is 3.90. The summed E-state index contributed by atoms with van der Waals surface area (Å²) in [4.78, 5) is 4.36. The number of hydrogen-bond donors (Lipinski definition) is 3. The van der Waals surface area contributed by atoms with Crippen molar-refractivity contribution >= 4 is 5.96 Å². The second kappa shape index (κ2) is 3.76. The summed E-state index contributed by atoms with van der Waals surface area (Å²) >= 11 is 0. The lowest BCUT2D eigenvalue weighted by Gasteiger charge is -2.29. The highest BCUT2D eigenvalue weighted by atomic mass is 15.2. The van der Waals surface area contributed by atoms with Gasteiger partial charge in [0.15, 0.2) is 5.96 Å². The van der Waals surface area contributed by atoms with Crippen LogP contribution in [0.4, 0.5) is 0 Å². The van der Waals surface area contributed by atoms with Crippen molar-refractivity contribution in [1.82, 2.24) is 10.6 Å². The Labute approximate surface area is 73.6 Å². The summed E-state index contributed by atoms with van der Waals surface area (Å²) in [6.45, 7) is 7.68. The molecule has 70 valence electrons. The Morgan fingerprint density at radius 1 is 1.67 bits per heavy atom. The van der Waals surface area contributed by atoms with Crippen LogP contribution in [0.15, 0.2) is 4.99 Å². The highest BCUT2D eigenvalue weighted by Crippen LogP contribution is 2.15. The maximum Gasteiger partial charge on any atom is 0.191 e. The topological polar surface area (TPSA) is 62.4 Å². The molecule has 0 fully saturated rings. The third kappa shape index (κ3) is 2.70. The first kappa shape index (κ1) is 9.32. The Balaban J connectivity index is 2.34. The maximum absolute atomic E-state index is 5.35. The quantitative estimate of drug-likeness (QED) is 0.524. The Kier molecular flexibility index (Phi) is 2.92. The predicted molar refractivity (Wildman–Crippen MR) is 51.1 cm³/mol. The lowest BCUT2D eigenvalue weighted by Crippen LogP contribution is -2.48. The summed E-state index contributed by atoms with van der Waals surface area (Å²) in [6, 6.07) is 0. The zero-order chi connectivity index (χ0) is 9.03. The third-order valence-electron chi connectivity index (χ3n) is 1.84. The van der Waals surface area contributed by atoms with Crippen LogP contribution < -0.4 is 16.4 Å². The lowest BCUT2D eigenvalue weighted by molar-refractivity contribution is 0.358. The van der Waals surface area contributed by atoms with E-state index in [2.05, 4.69) is 29.5 Å². The van der Waals surface area contributed by atoms with E-state index in [0.29, 0.717) is 6.54 Å². The number of nitrogens with two attached hydrogens (primary N) is 1. The van der Waals surface area contributed by atoms with E-state index in [9.17, 15) is 0 Å².